The average molecular weight is 295 g/mol. The first kappa shape index (κ1) is 14.6. The summed E-state index contributed by atoms with van der Waals surface area (Å²) < 4.78 is 26.1. The van der Waals surface area contributed by atoms with Crippen LogP contribution in [0.15, 0.2) is 16.9 Å². The van der Waals surface area contributed by atoms with Crippen LogP contribution in [0.1, 0.15) is 18.5 Å². The van der Waals surface area contributed by atoms with E-state index in [1.807, 2.05) is 0 Å². The zero-order valence-corrected chi connectivity index (χ0v) is 12.2. The fraction of sp³-hybridized carbons (Fsp3) is 0.500. The summed E-state index contributed by atoms with van der Waals surface area (Å²) in [6.45, 7) is 5.71. The van der Waals surface area contributed by atoms with Crippen molar-refractivity contribution in [1.29, 1.82) is 0 Å². The van der Waals surface area contributed by atoms with Crippen molar-refractivity contribution in [2.45, 2.75) is 24.0 Å². The van der Waals surface area contributed by atoms with Gasteiger partial charge in [0.15, 0.2) is 8.68 Å². The number of rotatable bonds is 6. The maximum atomic E-state index is 12.2. The topological polar surface area (TPSA) is 50.3 Å². The van der Waals surface area contributed by atoms with Crippen molar-refractivity contribution >= 4 is 33.0 Å². The zero-order chi connectivity index (χ0) is 13.1. The summed E-state index contributed by atoms with van der Waals surface area (Å²) in [4.78, 5) is 3.92. The second-order valence-corrected chi connectivity index (χ2v) is 7.42. The van der Waals surface area contributed by atoms with Crippen LogP contribution in [0.5, 0.6) is 0 Å². The number of hydrogen-bond donors (Lipinski definition) is 0. The van der Waals surface area contributed by atoms with E-state index in [9.17, 15) is 8.42 Å². The van der Waals surface area contributed by atoms with Gasteiger partial charge in [0.25, 0.3) is 10.0 Å². The normalized spacial score (nSPS) is 12.0. The summed E-state index contributed by atoms with van der Waals surface area (Å²) >= 11 is 6.71. The van der Waals surface area contributed by atoms with Crippen molar-refractivity contribution in [3.63, 3.8) is 0 Å². The van der Waals surface area contributed by atoms with Crippen LogP contribution in [0.2, 0.25) is 4.47 Å². The Labute approximate surface area is 111 Å². The summed E-state index contributed by atoms with van der Waals surface area (Å²) in [5, 5.41) is 0. The van der Waals surface area contributed by atoms with Gasteiger partial charge in [-0.1, -0.05) is 29.0 Å². The second kappa shape index (κ2) is 5.95. The van der Waals surface area contributed by atoms with Crippen molar-refractivity contribution in [2.24, 2.45) is 0 Å². The number of halogens is 1. The lowest BCUT2D eigenvalue weighted by Gasteiger charge is -2.15. The van der Waals surface area contributed by atoms with Crippen molar-refractivity contribution in [2.75, 3.05) is 13.6 Å². The number of unbranched alkanes of at least 4 members (excludes halogenated alkanes) is 1. The standard InChI is InChI=1S/C10H15ClN2O2S2/c1-4-5-6-7-13(3)17(14,15)9-8(2)12-10(11)16-9/h4H,1,5-7H2,2-3H3. The van der Waals surface area contributed by atoms with E-state index < -0.39 is 10.0 Å². The Hall–Kier alpha value is -0.430. The highest BCUT2D eigenvalue weighted by atomic mass is 35.5. The van der Waals surface area contributed by atoms with Gasteiger partial charge in [0.1, 0.15) is 0 Å². The number of allylic oxidation sites excluding steroid dienone is 1. The minimum absolute atomic E-state index is 0.226. The van der Waals surface area contributed by atoms with E-state index in [2.05, 4.69) is 11.6 Å². The third kappa shape index (κ3) is 3.51. The molecule has 0 aliphatic heterocycles. The molecule has 1 rings (SSSR count). The summed E-state index contributed by atoms with van der Waals surface area (Å²) in [5.74, 6) is 0. The lowest BCUT2D eigenvalue weighted by Crippen LogP contribution is -2.27. The lowest BCUT2D eigenvalue weighted by atomic mass is 10.3. The number of aromatic nitrogens is 1. The molecule has 1 aromatic rings. The van der Waals surface area contributed by atoms with Gasteiger partial charge in [0.2, 0.25) is 0 Å². The molecular formula is C10H15ClN2O2S2. The molecule has 0 spiro atoms. The Bertz CT molecular complexity index is 496. The zero-order valence-electron chi connectivity index (χ0n) is 9.81. The van der Waals surface area contributed by atoms with E-state index in [4.69, 9.17) is 11.6 Å². The van der Waals surface area contributed by atoms with Crippen molar-refractivity contribution < 1.29 is 8.42 Å². The Morgan fingerprint density at radius 1 is 1.59 bits per heavy atom. The van der Waals surface area contributed by atoms with E-state index in [-0.39, 0.29) is 8.68 Å². The van der Waals surface area contributed by atoms with E-state index in [1.54, 1.807) is 20.0 Å². The van der Waals surface area contributed by atoms with E-state index in [0.717, 1.165) is 24.2 Å². The largest absolute Gasteiger partial charge is 0.254 e. The summed E-state index contributed by atoms with van der Waals surface area (Å²) in [5.41, 5.74) is 0.454. The predicted octanol–water partition coefficient (Wildman–Crippen LogP) is 2.69. The van der Waals surface area contributed by atoms with Gasteiger partial charge in [0.05, 0.1) is 5.69 Å². The van der Waals surface area contributed by atoms with Gasteiger partial charge >= 0.3 is 0 Å². The lowest BCUT2D eigenvalue weighted by molar-refractivity contribution is 0.464. The van der Waals surface area contributed by atoms with Crippen LogP contribution in [-0.4, -0.2) is 31.3 Å². The van der Waals surface area contributed by atoms with Crippen LogP contribution >= 0.6 is 22.9 Å². The van der Waals surface area contributed by atoms with Crippen LogP contribution in [0.25, 0.3) is 0 Å². The van der Waals surface area contributed by atoms with Gasteiger partial charge in [-0.15, -0.1) is 6.58 Å². The molecule has 0 aliphatic rings. The molecule has 0 amide bonds. The Morgan fingerprint density at radius 3 is 2.71 bits per heavy atom. The van der Waals surface area contributed by atoms with E-state index in [1.165, 1.54) is 4.31 Å². The van der Waals surface area contributed by atoms with E-state index in [0.29, 0.717) is 12.2 Å². The second-order valence-electron chi connectivity index (χ2n) is 3.60. The molecule has 0 saturated heterocycles. The van der Waals surface area contributed by atoms with Gasteiger partial charge < -0.3 is 0 Å². The quantitative estimate of drug-likeness (QED) is 0.599. The predicted molar refractivity (Wildman–Crippen MR) is 71.1 cm³/mol. The highest BCUT2D eigenvalue weighted by Gasteiger charge is 2.25. The van der Waals surface area contributed by atoms with Crippen molar-refractivity contribution in [3.05, 3.63) is 22.8 Å². The maximum absolute atomic E-state index is 12.2. The van der Waals surface area contributed by atoms with E-state index >= 15 is 0 Å². The highest BCUT2D eigenvalue weighted by Crippen LogP contribution is 2.28. The smallest absolute Gasteiger partial charge is 0.229 e. The molecule has 1 aromatic heterocycles. The van der Waals surface area contributed by atoms with Gasteiger partial charge in [-0.05, 0) is 19.8 Å². The Balaban J connectivity index is 2.87. The Morgan fingerprint density at radius 2 is 2.24 bits per heavy atom. The van der Waals surface area contributed by atoms with Crippen molar-refractivity contribution in [1.82, 2.24) is 9.29 Å². The van der Waals surface area contributed by atoms with Crippen LogP contribution in [-0.2, 0) is 10.0 Å². The van der Waals surface area contributed by atoms with Crippen LogP contribution in [0, 0.1) is 6.92 Å². The Kier molecular flexibility index (Phi) is 5.12. The number of aryl methyl sites for hydroxylation is 1. The number of hydrogen-bond acceptors (Lipinski definition) is 4. The summed E-state index contributed by atoms with van der Waals surface area (Å²) in [7, 11) is -1.90. The molecule has 0 aliphatic carbocycles. The minimum atomic E-state index is -3.46. The molecule has 0 N–H and O–H groups in total. The highest BCUT2D eigenvalue weighted by molar-refractivity contribution is 7.91. The number of thiazole rings is 1. The molecule has 0 aromatic carbocycles. The van der Waals surface area contributed by atoms with Crippen LogP contribution in [0.4, 0.5) is 0 Å². The summed E-state index contributed by atoms with van der Waals surface area (Å²) in [6.07, 6.45) is 3.32. The molecule has 17 heavy (non-hydrogen) atoms. The van der Waals surface area contributed by atoms with Gasteiger partial charge in [-0.2, -0.15) is 0 Å². The molecule has 0 saturated carbocycles. The molecule has 0 bridgehead atoms. The monoisotopic (exact) mass is 294 g/mol. The van der Waals surface area contributed by atoms with Crippen LogP contribution in [0.3, 0.4) is 0 Å². The first-order valence-corrected chi connectivity index (χ1v) is 7.73. The number of sulfonamides is 1. The van der Waals surface area contributed by atoms with Gasteiger partial charge in [-0.3, -0.25) is 0 Å². The summed E-state index contributed by atoms with van der Waals surface area (Å²) in [6, 6.07) is 0. The van der Waals surface area contributed by atoms with Gasteiger partial charge in [-0.25, -0.2) is 17.7 Å². The fourth-order valence-corrected chi connectivity index (χ4v) is 4.45. The number of nitrogens with zero attached hydrogens (tertiary/aromatic N) is 2. The third-order valence-corrected chi connectivity index (χ3v) is 5.96. The molecule has 7 heteroatoms. The minimum Gasteiger partial charge on any atom is -0.229 e. The first-order chi connectivity index (χ1) is 7.89. The maximum Gasteiger partial charge on any atom is 0.254 e. The SMILES string of the molecule is C=CCCCN(C)S(=O)(=O)c1sc(Cl)nc1C. The van der Waals surface area contributed by atoms with Crippen LogP contribution < -0.4 is 0 Å². The molecule has 4 nitrogen and oxygen atoms in total. The molecule has 0 unspecified atom stereocenters. The average Bonchev–Trinajstić information content (AvgIpc) is 2.58. The molecule has 1 heterocycles. The molecular weight excluding hydrogens is 280 g/mol. The third-order valence-electron chi connectivity index (χ3n) is 2.25. The molecule has 0 atom stereocenters. The first-order valence-electron chi connectivity index (χ1n) is 5.09. The van der Waals surface area contributed by atoms with Gasteiger partial charge in [0, 0.05) is 13.6 Å². The molecule has 0 radical (unpaired) electrons. The van der Waals surface area contributed by atoms with Crippen molar-refractivity contribution in [3.8, 4) is 0 Å². The fourth-order valence-electron chi connectivity index (χ4n) is 1.31. The molecule has 0 fully saturated rings. The molecule has 96 valence electrons.